The molecule has 1 fully saturated rings. The largest absolute Gasteiger partial charge is 0.494 e. The first-order valence-electron chi connectivity index (χ1n) is 9.32. The van der Waals surface area contributed by atoms with Crippen LogP contribution < -0.4 is 14.8 Å². The quantitative estimate of drug-likeness (QED) is 0.558. The summed E-state index contributed by atoms with van der Waals surface area (Å²) in [5.41, 5.74) is 1.79. The molecule has 0 saturated heterocycles. The summed E-state index contributed by atoms with van der Waals surface area (Å²) in [6.07, 6.45) is 1.08. The summed E-state index contributed by atoms with van der Waals surface area (Å²) in [4.78, 5) is 4.57. The van der Waals surface area contributed by atoms with E-state index in [0.29, 0.717) is 35.2 Å². The highest BCUT2D eigenvalue weighted by Crippen LogP contribution is 2.39. The molecular formula is C21H22F2N2O2S. The predicted octanol–water partition coefficient (Wildman–Crippen LogP) is 5.87. The first-order chi connectivity index (χ1) is 13.5. The highest BCUT2D eigenvalue weighted by atomic mass is 32.1. The average molecular weight is 404 g/mol. The van der Waals surface area contributed by atoms with E-state index in [1.165, 1.54) is 11.3 Å². The summed E-state index contributed by atoms with van der Waals surface area (Å²) in [7, 11) is 1.59. The van der Waals surface area contributed by atoms with Crippen molar-refractivity contribution in [2.24, 2.45) is 0 Å². The summed E-state index contributed by atoms with van der Waals surface area (Å²) >= 11 is 1.43. The van der Waals surface area contributed by atoms with E-state index in [4.69, 9.17) is 9.47 Å². The molecule has 0 radical (unpaired) electrons. The van der Waals surface area contributed by atoms with Gasteiger partial charge >= 0.3 is 0 Å². The maximum atomic E-state index is 13.7. The van der Waals surface area contributed by atoms with Crippen molar-refractivity contribution in [2.45, 2.75) is 44.3 Å². The molecule has 4 rings (SSSR count). The molecule has 3 aromatic rings. The Balaban J connectivity index is 1.53. The molecule has 0 spiro atoms. The molecular weight excluding hydrogens is 382 g/mol. The third-order valence-electron chi connectivity index (χ3n) is 4.87. The highest BCUT2D eigenvalue weighted by Gasteiger charge is 2.36. The standard InChI is InChI=1S/C21H22F2N2O2S/c1-26-17-10-16(27-13-14-6-3-2-4-7-14)11-18-19(17)25-20(28-18)24-15-8-5-9-21(22,23)12-15/h2-4,6-7,10-11,15H,5,8-9,12-13H2,1H3,(H,24,25). The minimum Gasteiger partial charge on any atom is -0.494 e. The summed E-state index contributed by atoms with van der Waals surface area (Å²) < 4.78 is 39.6. The van der Waals surface area contributed by atoms with Gasteiger partial charge in [0.05, 0.1) is 11.8 Å². The Bertz CT molecular complexity index is 946. The summed E-state index contributed by atoms with van der Waals surface area (Å²) in [5, 5.41) is 3.82. The lowest BCUT2D eigenvalue weighted by Crippen LogP contribution is -2.34. The van der Waals surface area contributed by atoms with Crippen molar-refractivity contribution in [2.75, 3.05) is 12.4 Å². The van der Waals surface area contributed by atoms with Gasteiger partial charge in [0, 0.05) is 24.9 Å². The highest BCUT2D eigenvalue weighted by molar-refractivity contribution is 7.22. The molecule has 1 atom stereocenters. The van der Waals surface area contributed by atoms with E-state index in [1.54, 1.807) is 7.11 Å². The number of methoxy groups -OCH3 is 1. The second-order valence-corrected chi connectivity index (χ2v) is 8.09. The maximum absolute atomic E-state index is 13.7. The number of rotatable bonds is 6. The van der Waals surface area contributed by atoms with Crippen LogP contribution in [0, 0.1) is 0 Å². The Morgan fingerprint density at radius 2 is 2.07 bits per heavy atom. The van der Waals surface area contributed by atoms with E-state index < -0.39 is 5.92 Å². The van der Waals surface area contributed by atoms with E-state index in [0.717, 1.165) is 16.7 Å². The number of aromatic nitrogens is 1. The normalized spacial score (nSPS) is 18.8. The molecule has 7 heteroatoms. The second-order valence-electron chi connectivity index (χ2n) is 7.06. The molecule has 4 nitrogen and oxygen atoms in total. The number of nitrogens with zero attached hydrogens (tertiary/aromatic N) is 1. The van der Waals surface area contributed by atoms with Gasteiger partial charge in [-0.1, -0.05) is 41.7 Å². The number of anilines is 1. The first kappa shape index (κ1) is 18.9. The molecule has 0 amide bonds. The summed E-state index contributed by atoms with van der Waals surface area (Å²) in [5.74, 6) is -1.30. The zero-order valence-corrected chi connectivity index (χ0v) is 16.4. The fraction of sp³-hybridized carbons (Fsp3) is 0.381. The topological polar surface area (TPSA) is 43.4 Å². The van der Waals surface area contributed by atoms with Crippen molar-refractivity contribution < 1.29 is 18.3 Å². The zero-order chi connectivity index (χ0) is 19.6. The molecule has 1 heterocycles. The molecule has 1 aliphatic carbocycles. The van der Waals surface area contributed by atoms with Gasteiger partial charge in [-0.2, -0.15) is 0 Å². The maximum Gasteiger partial charge on any atom is 0.250 e. The Morgan fingerprint density at radius 1 is 1.25 bits per heavy atom. The van der Waals surface area contributed by atoms with Gasteiger partial charge in [0.25, 0.3) is 0 Å². The van der Waals surface area contributed by atoms with Crippen LogP contribution in [0.4, 0.5) is 13.9 Å². The number of fused-ring (bicyclic) bond motifs is 1. The molecule has 2 aromatic carbocycles. The van der Waals surface area contributed by atoms with E-state index in [2.05, 4.69) is 10.3 Å². The van der Waals surface area contributed by atoms with Gasteiger partial charge in [0.15, 0.2) is 5.13 Å². The molecule has 1 aliphatic rings. The van der Waals surface area contributed by atoms with Crippen molar-refractivity contribution in [1.82, 2.24) is 4.98 Å². The lowest BCUT2D eigenvalue weighted by atomic mass is 9.92. The molecule has 1 N–H and O–H groups in total. The molecule has 1 unspecified atom stereocenters. The van der Waals surface area contributed by atoms with E-state index in [1.807, 2.05) is 42.5 Å². The number of thiazole rings is 1. The number of nitrogens with one attached hydrogen (secondary N) is 1. The van der Waals surface area contributed by atoms with Gasteiger partial charge in [0.2, 0.25) is 5.92 Å². The third-order valence-corrected chi connectivity index (χ3v) is 5.80. The van der Waals surface area contributed by atoms with Crippen LogP contribution in [-0.2, 0) is 6.61 Å². The fourth-order valence-electron chi connectivity index (χ4n) is 3.49. The Labute approximate surface area is 166 Å². The number of ether oxygens (including phenoxy) is 2. The van der Waals surface area contributed by atoms with Crippen molar-refractivity contribution >= 4 is 26.7 Å². The average Bonchev–Trinajstić information content (AvgIpc) is 3.08. The third kappa shape index (κ3) is 4.35. The van der Waals surface area contributed by atoms with E-state index in [-0.39, 0.29) is 18.9 Å². The van der Waals surface area contributed by atoms with Crippen LogP contribution in [0.25, 0.3) is 10.2 Å². The van der Waals surface area contributed by atoms with Crippen LogP contribution >= 0.6 is 11.3 Å². The van der Waals surface area contributed by atoms with Crippen LogP contribution in [0.5, 0.6) is 11.5 Å². The summed E-state index contributed by atoms with van der Waals surface area (Å²) in [6, 6.07) is 13.4. The van der Waals surface area contributed by atoms with Crippen LogP contribution in [0.1, 0.15) is 31.2 Å². The van der Waals surface area contributed by atoms with Gasteiger partial charge in [0.1, 0.15) is 23.6 Å². The lowest BCUT2D eigenvalue weighted by Gasteiger charge is -2.29. The van der Waals surface area contributed by atoms with Gasteiger partial charge in [-0.05, 0) is 24.5 Å². The fourth-order valence-corrected chi connectivity index (χ4v) is 4.47. The molecule has 0 bridgehead atoms. The van der Waals surface area contributed by atoms with Gasteiger partial charge < -0.3 is 14.8 Å². The molecule has 1 aromatic heterocycles. The summed E-state index contributed by atoms with van der Waals surface area (Å²) in [6.45, 7) is 0.455. The van der Waals surface area contributed by atoms with Crippen LogP contribution in [0.2, 0.25) is 0 Å². The Hall–Kier alpha value is -2.41. The molecule has 28 heavy (non-hydrogen) atoms. The minimum absolute atomic E-state index is 0.0268. The predicted molar refractivity (Wildman–Crippen MR) is 108 cm³/mol. The van der Waals surface area contributed by atoms with Crippen LogP contribution in [0.15, 0.2) is 42.5 Å². The van der Waals surface area contributed by atoms with Crippen LogP contribution in [0.3, 0.4) is 0 Å². The second kappa shape index (κ2) is 7.91. The van der Waals surface area contributed by atoms with Crippen molar-refractivity contribution in [3.63, 3.8) is 0 Å². The van der Waals surface area contributed by atoms with Crippen molar-refractivity contribution in [3.8, 4) is 11.5 Å². The first-order valence-corrected chi connectivity index (χ1v) is 10.1. The molecule has 148 valence electrons. The lowest BCUT2D eigenvalue weighted by molar-refractivity contribution is -0.0373. The number of benzene rings is 2. The Kier molecular flexibility index (Phi) is 5.35. The number of hydrogen-bond acceptors (Lipinski definition) is 5. The van der Waals surface area contributed by atoms with Crippen molar-refractivity contribution in [3.05, 3.63) is 48.0 Å². The van der Waals surface area contributed by atoms with Gasteiger partial charge in [-0.25, -0.2) is 13.8 Å². The van der Waals surface area contributed by atoms with Crippen molar-refractivity contribution in [1.29, 1.82) is 0 Å². The Morgan fingerprint density at radius 3 is 2.82 bits per heavy atom. The molecule has 1 saturated carbocycles. The molecule has 0 aliphatic heterocycles. The number of alkyl halides is 2. The number of halogens is 2. The number of hydrogen-bond donors (Lipinski definition) is 1. The van der Waals surface area contributed by atoms with Gasteiger partial charge in [-0.15, -0.1) is 0 Å². The van der Waals surface area contributed by atoms with E-state index >= 15 is 0 Å². The van der Waals surface area contributed by atoms with Crippen LogP contribution in [-0.4, -0.2) is 24.1 Å². The zero-order valence-electron chi connectivity index (χ0n) is 15.6. The monoisotopic (exact) mass is 404 g/mol. The smallest absolute Gasteiger partial charge is 0.250 e. The van der Waals surface area contributed by atoms with Gasteiger partial charge in [-0.3, -0.25) is 0 Å². The minimum atomic E-state index is -2.59. The SMILES string of the molecule is COc1cc(OCc2ccccc2)cc2sc(NC3CCCC(F)(F)C3)nc12. The van der Waals surface area contributed by atoms with E-state index in [9.17, 15) is 8.78 Å².